The quantitative estimate of drug-likeness (QED) is 0.777. The molecule has 3 aliphatic rings. The van der Waals surface area contributed by atoms with Gasteiger partial charge in [0.25, 0.3) is 0 Å². The molecule has 0 aromatic carbocycles. The highest BCUT2D eigenvalue weighted by atomic mass is 16.2. The van der Waals surface area contributed by atoms with E-state index < -0.39 is 0 Å². The third kappa shape index (κ3) is 2.72. The van der Waals surface area contributed by atoms with Gasteiger partial charge in [-0.25, -0.2) is 0 Å². The maximum atomic E-state index is 11.4. The highest BCUT2D eigenvalue weighted by Crippen LogP contribution is 2.61. The second-order valence-corrected chi connectivity index (χ2v) is 8.50. The fraction of sp³-hybridized carbons (Fsp3) is 0.941. The first kappa shape index (κ1) is 15.3. The first-order valence-electron chi connectivity index (χ1n) is 8.49. The number of likely N-dealkylation sites (tertiary alicyclic amines) is 1. The Balaban J connectivity index is 1.58. The van der Waals surface area contributed by atoms with Crippen molar-refractivity contribution in [2.45, 2.75) is 65.1 Å². The Hall–Kier alpha value is -0.610. The minimum Gasteiger partial charge on any atom is -0.340 e. The number of piperazine rings is 1. The van der Waals surface area contributed by atoms with Crippen molar-refractivity contribution in [1.82, 2.24) is 14.7 Å². The maximum Gasteiger partial charge on any atom is 0.219 e. The van der Waals surface area contributed by atoms with Crippen molar-refractivity contribution in [3.8, 4) is 0 Å². The van der Waals surface area contributed by atoms with Crippen LogP contribution >= 0.6 is 0 Å². The molecule has 3 atom stereocenters. The van der Waals surface area contributed by atoms with Gasteiger partial charge in [-0.05, 0) is 40.5 Å². The van der Waals surface area contributed by atoms with Crippen LogP contribution in [-0.4, -0.2) is 71.0 Å². The fourth-order valence-electron chi connectivity index (χ4n) is 4.96. The van der Waals surface area contributed by atoms with Gasteiger partial charge in [-0.3, -0.25) is 14.6 Å². The highest BCUT2D eigenvalue weighted by molar-refractivity contribution is 5.73. The molecule has 0 bridgehead atoms. The summed E-state index contributed by atoms with van der Waals surface area (Å²) in [4.78, 5) is 18.7. The molecule has 1 saturated carbocycles. The summed E-state index contributed by atoms with van der Waals surface area (Å²) in [5, 5.41) is 0. The van der Waals surface area contributed by atoms with Crippen molar-refractivity contribution in [3.63, 3.8) is 0 Å². The van der Waals surface area contributed by atoms with E-state index in [1.165, 1.54) is 19.4 Å². The number of amides is 1. The number of fused-ring (bicyclic) bond motifs is 1. The molecule has 120 valence electrons. The third-order valence-electron chi connectivity index (χ3n) is 5.79. The van der Waals surface area contributed by atoms with E-state index in [4.69, 9.17) is 0 Å². The molecule has 0 unspecified atom stereocenters. The van der Waals surface area contributed by atoms with Crippen molar-refractivity contribution in [3.05, 3.63) is 0 Å². The van der Waals surface area contributed by atoms with Gasteiger partial charge in [0.2, 0.25) is 5.91 Å². The van der Waals surface area contributed by atoms with Gasteiger partial charge >= 0.3 is 0 Å². The van der Waals surface area contributed by atoms with Gasteiger partial charge in [-0.1, -0.05) is 0 Å². The van der Waals surface area contributed by atoms with Gasteiger partial charge in [-0.2, -0.15) is 0 Å². The topological polar surface area (TPSA) is 26.8 Å². The van der Waals surface area contributed by atoms with E-state index in [-0.39, 0.29) is 11.4 Å². The van der Waals surface area contributed by atoms with Crippen LogP contribution in [0.25, 0.3) is 0 Å². The molecule has 4 nitrogen and oxygen atoms in total. The van der Waals surface area contributed by atoms with Gasteiger partial charge in [0, 0.05) is 62.7 Å². The molecule has 0 aromatic heterocycles. The zero-order valence-corrected chi connectivity index (χ0v) is 14.4. The fourth-order valence-corrected chi connectivity index (χ4v) is 4.96. The van der Waals surface area contributed by atoms with Crippen LogP contribution in [0.5, 0.6) is 0 Å². The third-order valence-corrected chi connectivity index (χ3v) is 5.79. The Morgan fingerprint density at radius 1 is 1.14 bits per heavy atom. The Kier molecular flexibility index (Phi) is 3.61. The molecule has 0 aromatic rings. The summed E-state index contributed by atoms with van der Waals surface area (Å²) in [7, 11) is 0. The van der Waals surface area contributed by atoms with Gasteiger partial charge in [0.15, 0.2) is 0 Å². The number of carbonyl (C=O) groups excluding carboxylic acids is 1. The van der Waals surface area contributed by atoms with Gasteiger partial charge in [0.05, 0.1) is 0 Å². The standard InChI is InChI=1S/C17H31N3O/c1-13-10-17(11-15(17)20(13)16(3,4)5)12-18-6-8-19(9-7-18)14(2)21/h13,15H,6-12H2,1-5H3/t13-,15-,17+/m1/s1. The van der Waals surface area contributed by atoms with E-state index in [9.17, 15) is 4.79 Å². The second-order valence-electron chi connectivity index (χ2n) is 8.50. The molecule has 0 radical (unpaired) electrons. The summed E-state index contributed by atoms with van der Waals surface area (Å²) in [6.45, 7) is 16.3. The van der Waals surface area contributed by atoms with Crippen LogP contribution in [0.15, 0.2) is 0 Å². The average Bonchev–Trinajstić information content (AvgIpc) is 2.92. The lowest BCUT2D eigenvalue weighted by Gasteiger charge is -2.37. The Morgan fingerprint density at radius 3 is 2.24 bits per heavy atom. The number of nitrogens with zero attached hydrogens (tertiary/aromatic N) is 3. The normalized spacial score (nSPS) is 37.7. The molecule has 1 amide bonds. The van der Waals surface area contributed by atoms with E-state index in [1.807, 2.05) is 4.90 Å². The minimum atomic E-state index is 0.227. The zero-order chi connectivity index (χ0) is 15.4. The summed E-state index contributed by atoms with van der Waals surface area (Å²) < 4.78 is 0. The molecule has 1 aliphatic carbocycles. The van der Waals surface area contributed by atoms with Gasteiger partial charge in [-0.15, -0.1) is 0 Å². The predicted molar refractivity (Wildman–Crippen MR) is 85.2 cm³/mol. The van der Waals surface area contributed by atoms with E-state index in [2.05, 4.69) is 37.5 Å². The average molecular weight is 293 g/mol. The smallest absolute Gasteiger partial charge is 0.219 e. The first-order valence-corrected chi connectivity index (χ1v) is 8.49. The lowest BCUT2D eigenvalue weighted by atomic mass is 9.98. The Labute approximate surface area is 129 Å². The number of piperidine rings is 1. The van der Waals surface area contributed by atoms with E-state index in [1.54, 1.807) is 6.92 Å². The van der Waals surface area contributed by atoms with Gasteiger partial charge in [0.1, 0.15) is 0 Å². The maximum absolute atomic E-state index is 11.4. The summed E-state index contributed by atoms with van der Waals surface area (Å²) in [6, 6.07) is 1.50. The summed E-state index contributed by atoms with van der Waals surface area (Å²) in [6.07, 6.45) is 2.73. The summed E-state index contributed by atoms with van der Waals surface area (Å²) >= 11 is 0. The van der Waals surface area contributed by atoms with Crippen LogP contribution in [0.1, 0.15) is 47.5 Å². The van der Waals surface area contributed by atoms with Crippen LogP contribution in [0.2, 0.25) is 0 Å². The molecule has 2 heterocycles. The lowest BCUT2D eigenvalue weighted by Crippen LogP contribution is -2.49. The monoisotopic (exact) mass is 293 g/mol. The van der Waals surface area contributed by atoms with Crippen LogP contribution in [0.3, 0.4) is 0 Å². The largest absolute Gasteiger partial charge is 0.340 e. The van der Waals surface area contributed by atoms with Crippen LogP contribution in [0.4, 0.5) is 0 Å². The lowest BCUT2D eigenvalue weighted by molar-refractivity contribution is -0.130. The van der Waals surface area contributed by atoms with E-state index >= 15 is 0 Å². The Morgan fingerprint density at radius 2 is 1.76 bits per heavy atom. The molecular weight excluding hydrogens is 262 g/mol. The molecule has 0 N–H and O–H groups in total. The summed E-state index contributed by atoms with van der Waals surface area (Å²) in [5.74, 6) is 0.227. The van der Waals surface area contributed by atoms with E-state index in [0.29, 0.717) is 11.5 Å². The van der Waals surface area contributed by atoms with Crippen molar-refractivity contribution < 1.29 is 4.79 Å². The molecule has 3 fully saturated rings. The van der Waals surface area contributed by atoms with E-state index in [0.717, 1.165) is 32.2 Å². The second kappa shape index (κ2) is 4.95. The molecular formula is C17H31N3O. The molecule has 21 heavy (non-hydrogen) atoms. The van der Waals surface area contributed by atoms with Crippen molar-refractivity contribution >= 4 is 5.91 Å². The SMILES string of the molecule is CC(=O)N1CCN(C[C@@]23C[C@@H](C)N(C(C)(C)C)[C@@H]2C3)CC1. The summed E-state index contributed by atoms with van der Waals surface area (Å²) in [5.41, 5.74) is 0.834. The first-order chi connectivity index (χ1) is 9.73. The zero-order valence-electron chi connectivity index (χ0n) is 14.4. The molecule has 3 rings (SSSR count). The highest BCUT2D eigenvalue weighted by Gasteiger charge is 2.65. The molecule has 0 spiro atoms. The Bertz CT molecular complexity index is 422. The molecule has 4 heteroatoms. The van der Waals surface area contributed by atoms with Crippen LogP contribution in [-0.2, 0) is 4.79 Å². The molecule has 2 aliphatic heterocycles. The van der Waals surface area contributed by atoms with Crippen molar-refractivity contribution in [2.75, 3.05) is 32.7 Å². The molecule has 2 saturated heterocycles. The van der Waals surface area contributed by atoms with Crippen molar-refractivity contribution in [2.24, 2.45) is 5.41 Å². The van der Waals surface area contributed by atoms with Crippen LogP contribution < -0.4 is 0 Å². The van der Waals surface area contributed by atoms with Gasteiger partial charge < -0.3 is 4.90 Å². The number of rotatable bonds is 2. The minimum absolute atomic E-state index is 0.227. The predicted octanol–water partition coefficient (Wildman–Crippen LogP) is 1.80. The number of hydrogen-bond acceptors (Lipinski definition) is 3. The number of carbonyl (C=O) groups is 1. The van der Waals surface area contributed by atoms with Crippen molar-refractivity contribution in [1.29, 1.82) is 0 Å². The number of hydrogen-bond donors (Lipinski definition) is 0. The van der Waals surface area contributed by atoms with Crippen LogP contribution in [0, 0.1) is 5.41 Å².